The summed E-state index contributed by atoms with van der Waals surface area (Å²) in [4.78, 5) is 39.0. The number of fused-ring (bicyclic) bond motifs is 1. The van der Waals surface area contributed by atoms with Crippen LogP contribution in [0.25, 0.3) is 0 Å². The number of aromatic nitrogens is 1. The van der Waals surface area contributed by atoms with E-state index in [1.54, 1.807) is 17.8 Å². The van der Waals surface area contributed by atoms with Crippen LogP contribution in [0.2, 0.25) is 0 Å². The molecule has 0 bridgehead atoms. The Morgan fingerprint density at radius 3 is 2.68 bits per heavy atom. The van der Waals surface area contributed by atoms with Crippen molar-refractivity contribution < 1.29 is 14.3 Å². The summed E-state index contributed by atoms with van der Waals surface area (Å²) >= 11 is 3.18. The van der Waals surface area contributed by atoms with Gasteiger partial charge in [-0.2, -0.15) is 0 Å². The zero-order valence-electron chi connectivity index (χ0n) is 13.9. The highest BCUT2D eigenvalue weighted by atomic mass is 79.9. The van der Waals surface area contributed by atoms with Crippen molar-refractivity contribution in [1.29, 1.82) is 0 Å². The number of nitrogens with zero attached hydrogens (tertiary/aromatic N) is 2. The predicted molar refractivity (Wildman–Crippen MR) is 95.3 cm³/mol. The summed E-state index contributed by atoms with van der Waals surface area (Å²) in [6.07, 6.45) is 3.10. The third-order valence-electron chi connectivity index (χ3n) is 4.31. The number of hydrogen-bond acceptors (Lipinski definition) is 4. The van der Waals surface area contributed by atoms with Crippen LogP contribution in [0.1, 0.15) is 27.4 Å². The Balaban J connectivity index is 2.01. The first-order chi connectivity index (χ1) is 11.9. The Kier molecular flexibility index (Phi) is 4.76. The lowest BCUT2D eigenvalue weighted by molar-refractivity contribution is -0.143. The molecule has 0 aliphatic carbocycles. The first kappa shape index (κ1) is 17.4. The Labute approximate surface area is 153 Å². The molecule has 0 N–H and O–H groups in total. The van der Waals surface area contributed by atoms with Crippen molar-refractivity contribution >= 4 is 27.8 Å². The first-order valence-corrected chi connectivity index (χ1v) is 8.52. The minimum atomic E-state index is -0.560. The highest BCUT2D eigenvalue weighted by Crippen LogP contribution is 2.29. The van der Waals surface area contributed by atoms with Crippen molar-refractivity contribution in [2.45, 2.75) is 12.5 Å². The second kappa shape index (κ2) is 6.84. The fourth-order valence-corrected chi connectivity index (χ4v) is 3.63. The van der Waals surface area contributed by atoms with E-state index >= 15 is 0 Å². The summed E-state index contributed by atoms with van der Waals surface area (Å²) in [7, 11) is 3.07. The summed E-state index contributed by atoms with van der Waals surface area (Å²) in [5.74, 6) is -1.35. The molecule has 0 spiro atoms. The van der Waals surface area contributed by atoms with Gasteiger partial charge in [-0.05, 0) is 27.1 Å². The molecule has 1 aliphatic rings. The van der Waals surface area contributed by atoms with Crippen LogP contribution in [0, 0.1) is 0 Å². The zero-order valence-corrected chi connectivity index (χ0v) is 15.4. The van der Waals surface area contributed by atoms with Gasteiger partial charge < -0.3 is 14.2 Å². The van der Waals surface area contributed by atoms with Crippen LogP contribution in [0.5, 0.6) is 0 Å². The van der Waals surface area contributed by atoms with Gasteiger partial charge in [-0.15, -0.1) is 0 Å². The number of aryl methyl sites for hydroxylation is 1. The number of carbonyl (C=O) groups is 2. The van der Waals surface area contributed by atoms with E-state index < -0.39 is 17.8 Å². The van der Waals surface area contributed by atoms with Crippen LogP contribution in [0.3, 0.4) is 0 Å². The van der Waals surface area contributed by atoms with Crippen LogP contribution >= 0.6 is 15.9 Å². The minimum absolute atomic E-state index is 0.0693. The molecule has 1 aromatic carbocycles. The van der Waals surface area contributed by atoms with Crippen molar-refractivity contribution in [3.05, 3.63) is 68.0 Å². The van der Waals surface area contributed by atoms with Gasteiger partial charge in [0.25, 0.3) is 5.91 Å². The molecule has 1 aliphatic heterocycles. The highest BCUT2D eigenvalue weighted by molar-refractivity contribution is 9.10. The SMILES string of the molecule is COC(=O)C1CN(C(=O)c2cn(C)cc(Br)c2=O)Cc2ccccc21. The van der Waals surface area contributed by atoms with Crippen LogP contribution in [0.4, 0.5) is 0 Å². The zero-order chi connectivity index (χ0) is 18.1. The fraction of sp³-hybridized carbons (Fsp3) is 0.278. The largest absolute Gasteiger partial charge is 0.468 e. The normalized spacial score (nSPS) is 16.3. The van der Waals surface area contributed by atoms with Crippen molar-refractivity contribution in [3.63, 3.8) is 0 Å². The third kappa shape index (κ3) is 3.24. The number of rotatable bonds is 2. The number of carbonyl (C=O) groups excluding carboxylic acids is 2. The molecule has 1 amide bonds. The van der Waals surface area contributed by atoms with E-state index in [0.717, 1.165) is 11.1 Å². The quantitative estimate of drug-likeness (QED) is 0.718. The lowest BCUT2D eigenvalue weighted by atomic mass is 9.89. The minimum Gasteiger partial charge on any atom is -0.468 e. The monoisotopic (exact) mass is 404 g/mol. The van der Waals surface area contributed by atoms with Gasteiger partial charge >= 0.3 is 5.97 Å². The summed E-state index contributed by atoms with van der Waals surface area (Å²) < 4.78 is 6.86. The molecule has 3 rings (SSSR count). The number of pyridine rings is 1. The van der Waals surface area contributed by atoms with Gasteiger partial charge in [-0.25, -0.2) is 0 Å². The van der Waals surface area contributed by atoms with Crippen LogP contribution in [-0.2, 0) is 23.1 Å². The van der Waals surface area contributed by atoms with E-state index in [0.29, 0.717) is 11.0 Å². The van der Waals surface area contributed by atoms with E-state index in [2.05, 4.69) is 15.9 Å². The maximum absolute atomic E-state index is 12.9. The average molecular weight is 405 g/mol. The van der Waals surface area contributed by atoms with Crippen LogP contribution in [-0.4, -0.2) is 35.0 Å². The van der Waals surface area contributed by atoms with Gasteiger partial charge in [0.15, 0.2) is 0 Å². The number of ether oxygens (including phenoxy) is 1. The van der Waals surface area contributed by atoms with E-state index in [1.807, 2.05) is 24.3 Å². The topological polar surface area (TPSA) is 68.6 Å². The molecule has 1 atom stereocenters. The van der Waals surface area contributed by atoms with Gasteiger partial charge in [0.1, 0.15) is 5.56 Å². The molecule has 0 fully saturated rings. The molecule has 0 saturated heterocycles. The summed E-state index contributed by atoms with van der Waals surface area (Å²) in [6.45, 7) is 0.524. The first-order valence-electron chi connectivity index (χ1n) is 7.73. The molecule has 2 aromatic rings. The molecule has 130 valence electrons. The number of halogens is 1. The number of amides is 1. The third-order valence-corrected chi connectivity index (χ3v) is 4.87. The predicted octanol–water partition coefficient (Wildman–Crippen LogP) is 2.06. The molecular weight excluding hydrogens is 388 g/mol. The second-order valence-corrected chi connectivity index (χ2v) is 6.83. The molecular formula is C18H17BrN2O4. The molecule has 6 nitrogen and oxygen atoms in total. The van der Waals surface area contributed by atoms with Gasteiger partial charge in [-0.1, -0.05) is 24.3 Å². The Hall–Kier alpha value is -2.41. The van der Waals surface area contributed by atoms with E-state index in [9.17, 15) is 14.4 Å². The Morgan fingerprint density at radius 1 is 1.24 bits per heavy atom. The van der Waals surface area contributed by atoms with Crippen molar-refractivity contribution in [1.82, 2.24) is 9.47 Å². The van der Waals surface area contributed by atoms with Crippen molar-refractivity contribution in [2.75, 3.05) is 13.7 Å². The van der Waals surface area contributed by atoms with Gasteiger partial charge in [0.2, 0.25) is 5.43 Å². The van der Waals surface area contributed by atoms with Crippen LogP contribution in [0.15, 0.2) is 45.9 Å². The van der Waals surface area contributed by atoms with E-state index in [1.165, 1.54) is 18.2 Å². The van der Waals surface area contributed by atoms with Crippen molar-refractivity contribution in [3.8, 4) is 0 Å². The van der Waals surface area contributed by atoms with Crippen LogP contribution < -0.4 is 5.43 Å². The smallest absolute Gasteiger partial charge is 0.314 e. The number of esters is 1. The van der Waals surface area contributed by atoms with Crippen molar-refractivity contribution in [2.24, 2.45) is 7.05 Å². The summed E-state index contributed by atoms with van der Waals surface area (Å²) in [5.41, 5.74) is 1.45. The standard InChI is InChI=1S/C18H17BrN2O4/c1-20-8-14(16(22)15(19)10-20)17(23)21-7-11-5-3-4-6-12(11)13(9-21)18(24)25-2/h3-6,8,10,13H,7,9H2,1-2H3. The van der Waals surface area contributed by atoms with E-state index in [-0.39, 0.29) is 17.5 Å². The number of methoxy groups -OCH3 is 1. The highest BCUT2D eigenvalue weighted by Gasteiger charge is 2.34. The molecule has 0 radical (unpaired) electrons. The lowest BCUT2D eigenvalue weighted by Gasteiger charge is -2.33. The van der Waals surface area contributed by atoms with Gasteiger partial charge in [0, 0.05) is 32.5 Å². The molecule has 1 aromatic heterocycles. The molecule has 2 heterocycles. The maximum Gasteiger partial charge on any atom is 0.314 e. The molecule has 7 heteroatoms. The molecule has 1 unspecified atom stereocenters. The summed E-state index contributed by atoms with van der Waals surface area (Å²) in [5, 5.41) is 0. The van der Waals surface area contributed by atoms with E-state index in [4.69, 9.17) is 4.74 Å². The number of benzene rings is 1. The summed E-state index contributed by atoms with van der Waals surface area (Å²) in [6, 6.07) is 7.47. The number of hydrogen-bond donors (Lipinski definition) is 0. The maximum atomic E-state index is 12.9. The average Bonchev–Trinajstić information content (AvgIpc) is 2.62. The fourth-order valence-electron chi connectivity index (χ4n) is 3.09. The van der Waals surface area contributed by atoms with Gasteiger partial charge in [-0.3, -0.25) is 14.4 Å². The molecule has 25 heavy (non-hydrogen) atoms. The molecule has 0 saturated carbocycles. The Bertz CT molecular complexity index is 906. The lowest BCUT2D eigenvalue weighted by Crippen LogP contribution is -2.42. The Morgan fingerprint density at radius 2 is 1.96 bits per heavy atom. The van der Waals surface area contributed by atoms with Gasteiger partial charge in [0.05, 0.1) is 17.5 Å². The second-order valence-electron chi connectivity index (χ2n) is 5.97.